The zero-order chi connectivity index (χ0) is 13.9. The van der Waals surface area contributed by atoms with Crippen LogP contribution in [-0.2, 0) is 6.54 Å². The number of rotatable bonds is 3. The number of hydrogen-bond acceptors (Lipinski definition) is 4. The van der Waals surface area contributed by atoms with Crippen LogP contribution in [-0.4, -0.2) is 29.8 Å². The standard InChI is InChI=1S/C15H24N2S2/c1-15(2)7-8-17(9-10-19-15)13-5-4-6-14(18-3)12(13)11-16/h4-6H,7-11,16H2,1-3H3. The Morgan fingerprint density at radius 1 is 1.37 bits per heavy atom. The zero-order valence-electron chi connectivity index (χ0n) is 12.1. The molecule has 1 fully saturated rings. The molecule has 0 atom stereocenters. The van der Waals surface area contributed by atoms with Gasteiger partial charge in [-0.3, -0.25) is 0 Å². The molecule has 2 N–H and O–H groups in total. The van der Waals surface area contributed by atoms with E-state index in [1.54, 1.807) is 11.8 Å². The second kappa shape index (κ2) is 6.42. The van der Waals surface area contributed by atoms with Crippen LogP contribution < -0.4 is 10.6 Å². The van der Waals surface area contributed by atoms with Crippen molar-refractivity contribution in [1.82, 2.24) is 0 Å². The van der Waals surface area contributed by atoms with Crippen LogP contribution in [0.3, 0.4) is 0 Å². The largest absolute Gasteiger partial charge is 0.370 e. The first-order valence-corrected chi connectivity index (χ1v) is 9.03. The van der Waals surface area contributed by atoms with E-state index < -0.39 is 0 Å². The van der Waals surface area contributed by atoms with Gasteiger partial charge in [-0.05, 0) is 24.8 Å². The van der Waals surface area contributed by atoms with E-state index in [1.165, 1.54) is 28.3 Å². The molecule has 0 bridgehead atoms. The number of hydrogen-bond donors (Lipinski definition) is 1. The highest BCUT2D eigenvalue weighted by Crippen LogP contribution is 2.35. The Labute approximate surface area is 125 Å². The first-order valence-electron chi connectivity index (χ1n) is 6.82. The van der Waals surface area contributed by atoms with Crippen molar-refractivity contribution < 1.29 is 0 Å². The molecule has 1 aromatic carbocycles. The lowest BCUT2D eigenvalue weighted by atomic mass is 10.1. The fourth-order valence-electron chi connectivity index (χ4n) is 2.51. The van der Waals surface area contributed by atoms with E-state index >= 15 is 0 Å². The lowest BCUT2D eigenvalue weighted by Crippen LogP contribution is -2.28. The quantitative estimate of drug-likeness (QED) is 0.863. The summed E-state index contributed by atoms with van der Waals surface area (Å²) in [4.78, 5) is 3.83. The second-order valence-electron chi connectivity index (χ2n) is 5.51. The third kappa shape index (κ3) is 3.61. The van der Waals surface area contributed by atoms with Gasteiger partial charge in [-0.15, -0.1) is 11.8 Å². The molecule has 2 rings (SSSR count). The van der Waals surface area contributed by atoms with Crippen LogP contribution in [0, 0.1) is 0 Å². The molecule has 106 valence electrons. The normalized spacial score (nSPS) is 19.3. The van der Waals surface area contributed by atoms with Gasteiger partial charge in [-0.2, -0.15) is 11.8 Å². The molecular weight excluding hydrogens is 272 g/mol. The van der Waals surface area contributed by atoms with E-state index in [1.807, 2.05) is 0 Å². The number of nitrogens with two attached hydrogens (primary N) is 1. The number of anilines is 1. The van der Waals surface area contributed by atoms with Crippen molar-refractivity contribution in [2.45, 2.75) is 36.5 Å². The fourth-order valence-corrected chi connectivity index (χ4v) is 4.26. The molecule has 0 saturated carbocycles. The molecule has 0 spiro atoms. The van der Waals surface area contributed by atoms with Gasteiger partial charge < -0.3 is 10.6 Å². The first kappa shape index (κ1) is 15.1. The van der Waals surface area contributed by atoms with E-state index in [9.17, 15) is 0 Å². The monoisotopic (exact) mass is 296 g/mol. The topological polar surface area (TPSA) is 29.3 Å². The molecule has 4 heteroatoms. The minimum Gasteiger partial charge on any atom is -0.370 e. The highest BCUT2D eigenvalue weighted by molar-refractivity contribution is 8.00. The van der Waals surface area contributed by atoms with Crippen LogP contribution in [0.25, 0.3) is 0 Å². The summed E-state index contributed by atoms with van der Waals surface area (Å²) in [5, 5.41) is 0. The van der Waals surface area contributed by atoms with Crippen molar-refractivity contribution in [3.8, 4) is 0 Å². The summed E-state index contributed by atoms with van der Waals surface area (Å²) in [5.41, 5.74) is 8.63. The maximum absolute atomic E-state index is 5.98. The van der Waals surface area contributed by atoms with E-state index in [-0.39, 0.29) is 0 Å². The van der Waals surface area contributed by atoms with E-state index in [4.69, 9.17) is 5.73 Å². The van der Waals surface area contributed by atoms with Crippen molar-refractivity contribution in [3.05, 3.63) is 23.8 Å². The predicted octanol–water partition coefficient (Wildman–Crippen LogP) is 3.59. The SMILES string of the molecule is CSc1cccc(N2CCSC(C)(C)CC2)c1CN. The molecule has 0 radical (unpaired) electrons. The highest BCUT2D eigenvalue weighted by Gasteiger charge is 2.24. The molecule has 19 heavy (non-hydrogen) atoms. The van der Waals surface area contributed by atoms with Crippen LogP contribution in [0.1, 0.15) is 25.8 Å². The van der Waals surface area contributed by atoms with Crippen LogP contribution in [0.4, 0.5) is 5.69 Å². The van der Waals surface area contributed by atoms with Gasteiger partial charge in [-0.1, -0.05) is 19.9 Å². The molecular formula is C15H24N2S2. The Morgan fingerprint density at radius 2 is 2.16 bits per heavy atom. The van der Waals surface area contributed by atoms with Crippen LogP contribution in [0.2, 0.25) is 0 Å². The average Bonchev–Trinajstić information content (AvgIpc) is 2.58. The Morgan fingerprint density at radius 3 is 2.84 bits per heavy atom. The maximum Gasteiger partial charge on any atom is 0.0423 e. The molecule has 1 aromatic rings. The average molecular weight is 297 g/mol. The van der Waals surface area contributed by atoms with Crippen LogP contribution >= 0.6 is 23.5 Å². The van der Waals surface area contributed by atoms with Gasteiger partial charge in [0.15, 0.2) is 0 Å². The lowest BCUT2D eigenvalue weighted by Gasteiger charge is -2.27. The molecule has 1 saturated heterocycles. The minimum absolute atomic E-state index is 0.398. The van der Waals surface area contributed by atoms with Gasteiger partial charge in [0.2, 0.25) is 0 Å². The van der Waals surface area contributed by atoms with Crippen molar-refractivity contribution in [1.29, 1.82) is 0 Å². The summed E-state index contributed by atoms with van der Waals surface area (Å²) >= 11 is 3.88. The lowest BCUT2D eigenvalue weighted by molar-refractivity contribution is 0.636. The molecule has 2 nitrogen and oxygen atoms in total. The smallest absolute Gasteiger partial charge is 0.0423 e. The summed E-state index contributed by atoms with van der Waals surface area (Å²) in [7, 11) is 0. The third-order valence-electron chi connectivity index (χ3n) is 3.71. The first-order chi connectivity index (χ1) is 9.07. The molecule has 0 aromatic heterocycles. The Bertz CT molecular complexity index is 432. The van der Waals surface area contributed by atoms with Gasteiger partial charge >= 0.3 is 0 Å². The maximum atomic E-state index is 5.98. The second-order valence-corrected chi connectivity index (χ2v) is 8.16. The van der Waals surface area contributed by atoms with Crippen molar-refractivity contribution in [2.75, 3.05) is 30.0 Å². The highest BCUT2D eigenvalue weighted by atomic mass is 32.2. The van der Waals surface area contributed by atoms with Gasteiger partial charge in [0.05, 0.1) is 0 Å². The fraction of sp³-hybridized carbons (Fsp3) is 0.600. The molecule has 1 heterocycles. The molecule has 1 aliphatic heterocycles. The van der Waals surface area contributed by atoms with E-state index in [0.29, 0.717) is 11.3 Å². The van der Waals surface area contributed by atoms with Crippen molar-refractivity contribution in [3.63, 3.8) is 0 Å². The van der Waals surface area contributed by atoms with E-state index in [0.717, 1.165) is 13.1 Å². The molecule has 0 unspecified atom stereocenters. The van der Waals surface area contributed by atoms with Gasteiger partial charge in [0.25, 0.3) is 0 Å². The summed E-state index contributed by atoms with van der Waals surface area (Å²) in [5.74, 6) is 1.19. The third-order valence-corrected chi connectivity index (χ3v) is 5.91. The molecule has 0 amide bonds. The van der Waals surface area contributed by atoms with Crippen LogP contribution in [0.5, 0.6) is 0 Å². The Kier molecular flexibility index (Phi) is 5.09. The van der Waals surface area contributed by atoms with Crippen molar-refractivity contribution in [2.24, 2.45) is 5.73 Å². The molecule has 1 aliphatic rings. The summed E-state index contributed by atoms with van der Waals surface area (Å²) < 4.78 is 0.398. The summed E-state index contributed by atoms with van der Waals surface area (Å²) in [6, 6.07) is 6.56. The Balaban J connectivity index is 2.26. The van der Waals surface area contributed by atoms with Gasteiger partial charge in [0, 0.05) is 46.3 Å². The summed E-state index contributed by atoms with van der Waals surface area (Å²) in [6.07, 6.45) is 3.35. The molecule has 0 aliphatic carbocycles. The zero-order valence-corrected chi connectivity index (χ0v) is 13.7. The number of thioether (sulfide) groups is 2. The number of nitrogens with zero attached hydrogens (tertiary/aromatic N) is 1. The summed E-state index contributed by atoms with van der Waals surface area (Å²) in [6.45, 7) is 7.58. The Hall–Kier alpha value is -0.320. The predicted molar refractivity (Wildman–Crippen MR) is 89.5 cm³/mol. The minimum atomic E-state index is 0.398. The van der Waals surface area contributed by atoms with Crippen molar-refractivity contribution >= 4 is 29.2 Å². The number of benzene rings is 1. The van der Waals surface area contributed by atoms with Crippen LogP contribution in [0.15, 0.2) is 23.1 Å². The van der Waals surface area contributed by atoms with Gasteiger partial charge in [-0.25, -0.2) is 0 Å². The van der Waals surface area contributed by atoms with Gasteiger partial charge in [0.1, 0.15) is 0 Å². The van der Waals surface area contributed by atoms with E-state index in [2.05, 4.69) is 55.0 Å².